The standard InChI is InChI=1S/C11H13N.C7H5O.BrH.Cu/c1-3-7-11(8-4-1)12-9-5-2-6-10-12;8-6-7-4-2-1-3-5-7;;/h1,3-5,7-9H,2,6,10H2;1-5H;1H;/q;-1;;+1/p-1. The fourth-order valence-electron chi connectivity index (χ4n) is 2.00. The van der Waals surface area contributed by atoms with Crippen molar-refractivity contribution < 1.29 is 23.6 Å². The van der Waals surface area contributed by atoms with E-state index in [-0.39, 0.29) is 0 Å². The first-order valence-electron chi connectivity index (χ1n) is 6.93. The fraction of sp³-hybridized carbons (Fsp3) is 0.167. The molecule has 2 nitrogen and oxygen atoms in total. The molecule has 0 aromatic heterocycles. The number of benzene rings is 2. The first-order valence-corrected chi connectivity index (χ1v) is 9.26. The summed E-state index contributed by atoms with van der Waals surface area (Å²) in [6.07, 6.45) is 8.68. The fourth-order valence-corrected chi connectivity index (χ4v) is 2.00. The van der Waals surface area contributed by atoms with Crippen LogP contribution in [0.2, 0.25) is 0 Å². The molecule has 0 saturated carbocycles. The van der Waals surface area contributed by atoms with E-state index in [1.165, 1.54) is 18.5 Å². The Hall–Kier alpha value is -1.35. The zero-order valence-electron chi connectivity index (χ0n) is 12.1. The Morgan fingerprint density at radius 1 is 1.00 bits per heavy atom. The molecule has 2 aromatic rings. The number of hydrogen-bond donors (Lipinski definition) is 0. The van der Waals surface area contributed by atoms with Crippen LogP contribution in [-0.2, 0) is 19.0 Å². The molecule has 0 aliphatic carbocycles. The van der Waals surface area contributed by atoms with Crippen LogP contribution >= 0.6 is 14.1 Å². The number of halogens is 1. The topological polar surface area (TPSA) is 20.1 Å². The van der Waals surface area contributed by atoms with E-state index in [0.29, 0.717) is 5.56 Å². The number of para-hydroxylation sites is 1. The quantitative estimate of drug-likeness (QED) is 0.411. The molecule has 0 bridgehead atoms. The Kier molecular flexibility index (Phi) is 10.4. The van der Waals surface area contributed by atoms with Crippen LogP contribution in [0.4, 0.5) is 5.69 Å². The van der Waals surface area contributed by atoms with E-state index in [0.717, 1.165) is 6.54 Å². The van der Waals surface area contributed by atoms with Gasteiger partial charge in [0.25, 0.3) is 0 Å². The molecule has 4 heteroatoms. The Morgan fingerprint density at radius 2 is 1.59 bits per heavy atom. The molecule has 2 aromatic carbocycles. The number of nitrogens with zero attached hydrogens (tertiary/aromatic N) is 1. The van der Waals surface area contributed by atoms with Gasteiger partial charge < -0.3 is 11.2 Å². The van der Waals surface area contributed by atoms with Gasteiger partial charge in [0.1, 0.15) is 6.54 Å². The molecule has 0 spiro atoms. The maximum absolute atomic E-state index is 9.88. The van der Waals surface area contributed by atoms with E-state index in [1.807, 2.05) is 6.07 Å². The zero-order valence-corrected chi connectivity index (χ0v) is 14.6. The molecule has 22 heavy (non-hydrogen) atoms. The summed E-state index contributed by atoms with van der Waals surface area (Å²) in [7, 11) is 0. The van der Waals surface area contributed by atoms with Gasteiger partial charge in [-0.2, -0.15) is 24.1 Å². The summed E-state index contributed by atoms with van der Waals surface area (Å²) in [4.78, 5) is 9.88. The van der Waals surface area contributed by atoms with Gasteiger partial charge in [0.15, 0.2) is 0 Å². The van der Waals surface area contributed by atoms with Gasteiger partial charge in [0.2, 0.25) is 5.69 Å². The van der Waals surface area contributed by atoms with Crippen LogP contribution in [0.25, 0.3) is 0 Å². The predicted octanol–water partition coefficient (Wildman–Crippen LogP) is 4.39. The second-order valence-electron chi connectivity index (χ2n) is 4.52. The first-order chi connectivity index (χ1) is 10.9. The third kappa shape index (κ3) is 7.08. The normalized spacial score (nSPS) is 12.4. The number of rotatable bonds is 2. The Morgan fingerprint density at radius 3 is 2.05 bits per heavy atom. The zero-order chi connectivity index (χ0) is 16.0. The van der Waals surface area contributed by atoms with Gasteiger partial charge in [-0.15, -0.1) is 12.1 Å². The van der Waals surface area contributed by atoms with E-state index in [4.69, 9.17) is 0 Å². The van der Waals surface area contributed by atoms with Gasteiger partial charge in [0.05, 0.1) is 6.29 Å². The molecule has 0 N–H and O–H groups in total. The van der Waals surface area contributed by atoms with Crippen LogP contribution in [0.5, 0.6) is 0 Å². The molecule has 0 atom stereocenters. The Bertz CT molecular complexity index is 558. The molecule has 1 aliphatic rings. The first kappa shape index (κ1) is 18.7. The third-order valence-electron chi connectivity index (χ3n) is 3.03. The van der Waals surface area contributed by atoms with E-state index in [9.17, 15) is 4.79 Å². The van der Waals surface area contributed by atoms with Crippen LogP contribution in [0.1, 0.15) is 18.4 Å². The molecule has 0 unspecified atom stereocenters. The predicted molar refractivity (Wildman–Crippen MR) is 91.0 cm³/mol. The van der Waals surface area contributed by atoms with Gasteiger partial charge in [0, 0.05) is 18.3 Å². The summed E-state index contributed by atoms with van der Waals surface area (Å²) >= 11 is 6.50. The van der Waals surface area contributed by atoms with Crippen LogP contribution in [-0.4, -0.2) is 23.6 Å². The summed E-state index contributed by atoms with van der Waals surface area (Å²) in [5.74, 6) is 0. The van der Waals surface area contributed by atoms with E-state index in [1.54, 1.807) is 30.6 Å². The van der Waals surface area contributed by atoms with Crippen molar-refractivity contribution in [2.24, 2.45) is 0 Å². The second kappa shape index (κ2) is 12.2. The van der Waals surface area contributed by atoms with Crippen molar-refractivity contribution in [2.45, 2.75) is 12.8 Å². The van der Waals surface area contributed by atoms with Crippen LogP contribution in [0.15, 0.2) is 60.7 Å². The van der Waals surface area contributed by atoms with E-state index < -0.39 is 0 Å². The van der Waals surface area contributed by atoms with Crippen molar-refractivity contribution in [3.05, 3.63) is 72.6 Å². The second-order valence-corrected chi connectivity index (χ2v) is 4.52. The monoisotopic (exact) mass is 406 g/mol. The molecule has 0 fully saturated rings. The van der Waals surface area contributed by atoms with Gasteiger partial charge >= 0.3 is 28.3 Å². The Balaban J connectivity index is 0.000000211. The molecular weight excluding hydrogens is 390 g/mol. The van der Waals surface area contributed by atoms with E-state index >= 15 is 0 Å². The van der Waals surface area contributed by atoms with Gasteiger partial charge in [-0.25, -0.2) is 4.58 Å². The number of hydrogen-bond acceptors (Lipinski definition) is 1. The summed E-state index contributed by atoms with van der Waals surface area (Å²) in [5.41, 5.74) is 1.90. The van der Waals surface area contributed by atoms with Crippen LogP contribution in [0, 0.1) is 6.42 Å². The van der Waals surface area contributed by atoms with Crippen molar-refractivity contribution in [3.8, 4) is 0 Å². The molecule has 1 heterocycles. The van der Waals surface area contributed by atoms with E-state index in [2.05, 4.69) is 75.9 Å². The van der Waals surface area contributed by atoms with Gasteiger partial charge in [-0.3, -0.25) is 0 Å². The molecule has 0 radical (unpaired) electrons. The minimum absolute atomic E-state index is 0.604. The molecule has 3 rings (SSSR count). The van der Waals surface area contributed by atoms with Crippen LogP contribution in [0.3, 0.4) is 0 Å². The van der Waals surface area contributed by atoms with Crippen LogP contribution < -0.4 is 0 Å². The molecular formula is C18H18BrCuNO-. The maximum atomic E-state index is 9.88. The molecule has 0 amide bonds. The van der Waals surface area contributed by atoms with Crippen molar-refractivity contribution in [1.82, 2.24) is 0 Å². The number of carbonyl (C=O) groups excluding carboxylic acids is 1. The van der Waals surface area contributed by atoms with Crippen molar-refractivity contribution in [1.29, 1.82) is 0 Å². The Labute approximate surface area is 147 Å². The van der Waals surface area contributed by atoms with Crippen molar-refractivity contribution in [2.75, 3.05) is 6.54 Å². The van der Waals surface area contributed by atoms with Crippen molar-refractivity contribution in [3.63, 3.8) is 0 Å². The van der Waals surface area contributed by atoms with Crippen molar-refractivity contribution >= 4 is 32.3 Å². The summed E-state index contributed by atoms with van der Waals surface area (Å²) in [6.45, 7) is 1.15. The summed E-state index contributed by atoms with van der Waals surface area (Å²) < 4.78 is 2.30. The SMILES string of the molecule is C1=[N+](c2ccccc2)CCC[CH-]1.O=[C-]c1ccccc1.[Cu][Br]. The molecule has 120 valence electrons. The average Bonchev–Trinajstić information content (AvgIpc) is 2.66. The van der Waals surface area contributed by atoms with Gasteiger partial charge in [-0.1, -0.05) is 24.3 Å². The summed E-state index contributed by atoms with van der Waals surface area (Å²) in [5, 5.41) is 0. The third-order valence-corrected chi connectivity index (χ3v) is 3.03. The van der Waals surface area contributed by atoms with Gasteiger partial charge in [-0.05, 0) is 6.42 Å². The average molecular weight is 408 g/mol. The molecule has 0 saturated heterocycles. The minimum atomic E-state index is 0.604. The molecule has 1 aliphatic heterocycles. The summed E-state index contributed by atoms with van der Waals surface area (Å²) in [6, 6.07) is 19.4.